The minimum absolute atomic E-state index is 0.565. The number of aromatic nitrogens is 5. The van der Waals surface area contributed by atoms with Crippen molar-refractivity contribution >= 4 is 60.5 Å². The summed E-state index contributed by atoms with van der Waals surface area (Å²) < 4.78 is 4.69. The molecule has 10 aromatic rings. The molecule has 272 valence electrons. The number of hydrogen-bond acceptors (Lipinski definition) is 4. The van der Waals surface area contributed by atoms with E-state index in [0.29, 0.717) is 23.0 Å². The average molecular weight is 743 g/mol. The van der Waals surface area contributed by atoms with Crippen molar-refractivity contribution in [3.63, 3.8) is 0 Å². The largest absolute Gasteiger partial charge is 0.311 e. The molecule has 0 aliphatic heterocycles. The fourth-order valence-corrected chi connectivity index (χ4v) is 8.11. The third-order valence-corrected chi connectivity index (χ3v) is 10.8. The summed E-state index contributed by atoms with van der Waals surface area (Å²) in [6.07, 6.45) is 2.15. The summed E-state index contributed by atoms with van der Waals surface area (Å²) in [6, 6.07) is 64.4. The molecule has 0 radical (unpaired) electrons. The fourth-order valence-electron chi connectivity index (χ4n) is 8.11. The first-order valence-electron chi connectivity index (χ1n) is 19.2. The molecule has 0 bridgehead atoms. The van der Waals surface area contributed by atoms with Crippen LogP contribution in [0.1, 0.15) is 30.8 Å². The van der Waals surface area contributed by atoms with Crippen LogP contribution in [0.2, 0.25) is 0 Å². The van der Waals surface area contributed by atoms with Crippen LogP contribution in [-0.2, 0) is 0 Å². The van der Waals surface area contributed by atoms with Gasteiger partial charge < -0.3 is 4.57 Å². The second-order valence-corrected chi connectivity index (χ2v) is 14.3. The summed E-state index contributed by atoms with van der Waals surface area (Å²) in [5.41, 5.74) is 11.3. The average Bonchev–Trinajstić information content (AvgIpc) is 3.82. The number of nitriles is 1. The van der Waals surface area contributed by atoms with Crippen molar-refractivity contribution in [3.8, 4) is 34.5 Å². The molecule has 0 amide bonds. The monoisotopic (exact) mass is 742 g/mol. The SMILES string of the molecule is C/C(=C(\C=C(/C)c1nc(-c2ccccc2)nc(-c2ccccc2)n1)c1cccc(C#N)c1)n1c2ccccc2c2ccc3c4ccccc4n(-c4c#cccc4)c3c21. The third kappa shape index (κ3) is 5.80. The van der Waals surface area contributed by atoms with Gasteiger partial charge in [-0.3, -0.25) is 4.57 Å². The van der Waals surface area contributed by atoms with E-state index in [9.17, 15) is 5.26 Å². The van der Waals surface area contributed by atoms with Crippen LogP contribution in [-0.4, -0.2) is 24.1 Å². The van der Waals surface area contributed by atoms with Crippen LogP contribution in [0.25, 0.3) is 88.9 Å². The van der Waals surface area contributed by atoms with Gasteiger partial charge in [0.15, 0.2) is 17.5 Å². The summed E-state index contributed by atoms with van der Waals surface area (Å²) in [4.78, 5) is 15.1. The van der Waals surface area contributed by atoms with Gasteiger partial charge in [-0.05, 0) is 73.5 Å². The van der Waals surface area contributed by atoms with Gasteiger partial charge in [0.25, 0.3) is 0 Å². The maximum absolute atomic E-state index is 10.1. The molecule has 0 saturated carbocycles. The van der Waals surface area contributed by atoms with Gasteiger partial charge in [0.1, 0.15) is 0 Å². The van der Waals surface area contributed by atoms with E-state index in [4.69, 9.17) is 15.0 Å². The number of fused-ring (bicyclic) bond motifs is 7. The highest BCUT2D eigenvalue weighted by Gasteiger charge is 2.22. The second kappa shape index (κ2) is 14.2. The Morgan fingerprint density at radius 2 is 1.22 bits per heavy atom. The Morgan fingerprint density at radius 3 is 1.88 bits per heavy atom. The highest BCUT2D eigenvalue weighted by Crippen LogP contribution is 2.42. The lowest BCUT2D eigenvalue weighted by molar-refractivity contribution is 1.03. The van der Waals surface area contributed by atoms with Crippen LogP contribution < -0.4 is 0 Å². The van der Waals surface area contributed by atoms with Gasteiger partial charge >= 0.3 is 0 Å². The predicted octanol–water partition coefficient (Wildman–Crippen LogP) is 12.4. The zero-order valence-electron chi connectivity index (χ0n) is 31.8. The molecule has 6 nitrogen and oxygen atoms in total. The number of para-hydroxylation sites is 2. The van der Waals surface area contributed by atoms with Crippen molar-refractivity contribution in [2.24, 2.45) is 0 Å². The molecule has 0 unspecified atom stereocenters. The summed E-state index contributed by atoms with van der Waals surface area (Å²) in [7, 11) is 0. The lowest BCUT2D eigenvalue weighted by Gasteiger charge is -2.16. The van der Waals surface area contributed by atoms with Gasteiger partial charge in [-0.2, -0.15) is 5.26 Å². The van der Waals surface area contributed by atoms with E-state index >= 15 is 0 Å². The molecule has 0 aliphatic rings. The first-order valence-corrected chi connectivity index (χ1v) is 19.2. The zero-order valence-corrected chi connectivity index (χ0v) is 31.8. The van der Waals surface area contributed by atoms with Crippen molar-refractivity contribution < 1.29 is 0 Å². The second-order valence-electron chi connectivity index (χ2n) is 14.3. The van der Waals surface area contributed by atoms with E-state index in [1.165, 1.54) is 0 Å². The van der Waals surface area contributed by atoms with Gasteiger partial charge in [0, 0.05) is 43.9 Å². The quantitative estimate of drug-likeness (QED) is 0.152. The topological polar surface area (TPSA) is 72.3 Å². The summed E-state index contributed by atoms with van der Waals surface area (Å²) >= 11 is 0. The highest BCUT2D eigenvalue weighted by molar-refractivity contribution is 6.24. The molecule has 0 atom stereocenters. The lowest BCUT2D eigenvalue weighted by Crippen LogP contribution is -2.03. The molecule has 3 aromatic heterocycles. The van der Waals surface area contributed by atoms with Crippen LogP contribution in [0.3, 0.4) is 0 Å². The third-order valence-electron chi connectivity index (χ3n) is 10.8. The first kappa shape index (κ1) is 34.4. The minimum Gasteiger partial charge on any atom is -0.311 e. The van der Waals surface area contributed by atoms with Gasteiger partial charge in [-0.1, -0.05) is 133 Å². The van der Waals surface area contributed by atoms with E-state index in [1.54, 1.807) is 0 Å². The number of allylic oxidation sites excluding steroid dienone is 4. The smallest absolute Gasteiger partial charge is 0.164 e. The molecule has 7 aromatic carbocycles. The molecular formula is C52H34N6. The fraction of sp³-hybridized carbons (Fsp3) is 0.0385. The van der Waals surface area contributed by atoms with Crippen LogP contribution in [0.5, 0.6) is 0 Å². The maximum Gasteiger partial charge on any atom is 0.164 e. The number of nitrogens with zero attached hydrogens (tertiary/aromatic N) is 6. The zero-order chi connectivity index (χ0) is 39.2. The molecule has 6 heteroatoms. The molecule has 0 aliphatic carbocycles. The molecule has 0 saturated heterocycles. The molecule has 0 N–H and O–H groups in total. The standard InChI is InChI=1S/C52H34N6/c1-34(50-54-51(37-18-6-3-7-19-37)56-52(55-50)38-20-8-4-9-21-38)31-45(39-22-16-17-36(32-39)33-53)35(2)57-46-27-14-12-25-41(46)43-29-30-44-42-26-13-15-28-47(42)58(49(44)48(43)57)40-23-10-5-11-24-40/h3-10,12-23,25-32H,1-2H3/b34-31+,45-35-. The first-order chi connectivity index (χ1) is 28.6. The Morgan fingerprint density at radius 1 is 0.603 bits per heavy atom. The van der Waals surface area contributed by atoms with E-state index in [-0.39, 0.29) is 0 Å². The van der Waals surface area contributed by atoms with Crippen LogP contribution in [0, 0.1) is 23.5 Å². The van der Waals surface area contributed by atoms with Crippen LogP contribution in [0.4, 0.5) is 0 Å². The predicted molar refractivity (Wildman–Crippen MR) is 236 cm³/mol. The number of rotatable bonds is 7. The van der Waals surface area contributed by atoms with Crippen molar-refractivity contribution in [1.82, 2.24) is 24.1 Å². The Bertz CT molecular complexity index is 3230. The molecule has 10 rings (SSSR count). The van der Waals surface area contributed by atoms with Gasteiger partial charge in [0.05, 0.1) is 39.4 Å². The van der Waals surface area contributed by atoms with Gasteiger partial charge in [0.2, 0.25) is 0 Å². The number of benzene rings is 6. The molecule has 3 heterocycles. The molecule has 58 heavy (non-hydrogen) atoms. The van der Waals surface area contributed by atoms with Crippen molar-refractivity contribution in [1.29, 1.82) is 5.26 Å². The van der Waals surface area contributed by atoms with E-state index in [2.05, 4.69) is 113 Å². The normalized spacial score (nSPS) is 12.2. The van der Waals surface area contributed by atoms with Gasteiger partial charge in [-0.25, -0.2) is 15.0 Å². The highest BCUT2D eigenvalue weighted by atomic mass is 15.1. The van der Waals surface area contributed by atoms with E-state index in [0.717, 1.165) is 82.8 Å². The Labute approximate surface area is 336 Å². The lowest BCUT2D eigenvalue weighted by atomic mass is 9.99. The molecule has 0 fully saturated rings. The molecular weight excluding hydrogens is 709 g/mol. The van der Waals surface area contributed by atoms with Crippen molar-refractivity contribution in [2.75, 3.05) is 0 Å². The Balaban J connectivity index is 1.30. The Hall–Kier alpha value is -8.06. The summed E-state index contributed by atoms with van der Waals surface area (Å²) in [5.74, 6) is 1.76. The number of hydrogen-bond donors (Lipinski definition) is 0. The summed E-state index contributed by atoms with van der Waals surface area (Å²) in [6.45, 7) is 4.21. The van der Waals surface area contributed by atoms with Crippen LogP contribution in [0.15, 0.2) is 170 Å². The van der Waals surface area contributed by atoms with Crippen molar-refractivity contribution in [2.45, 2.75) is 13.8 Å². The summed E-state index contributed by atoms with van der Waals surface area (Å²) in [5, 5.41) is 14.7. The van der Waals surface area contributed by atoms with E-state index < -0.39 is 0 Å². The van der Waals surface area contributed by atoms with Crippen molar-refractivity contribution in [3.05, 3.63) is 199 Å². The Kier molecular flexibility index (Phi) is 8.44. The van der Waals surface area contributed by atoms with Crippen LogP contribution >= 0.6 is 0 Å². The van der Waals surface area contributed by atoms with Gasteiger partial charge in [-0.15, -0.1) is 0 Å². The molecule has 0 spiro atoms. The van der Waals surface area contributed by atoms with E-state index in [1.807, 2.05) is 97.9 Å². The maximum atomic E-state index is 10.1. The minimum atomic E-state index is 0.565.